The van der Waals surface area contributed by atoms with Crippen LogP contribution < -0.4 is 0 Å². The van der Waals surface area contributed by atoms with Gasteiger partial charge in [0.1, 0.15) is 0 Å². The number of ether oxygens (including phenoxy) is 2. The molecule has 2 aromatic rings. The molecule has 2 atom stereocenters. The van der Waals surface area contributed by atoms with Crippen LogP contribution in [0, 0.1) is 10.1 Å². The van der Waals surface area contributed by atoms with E-state index in [4.69, 9.17) is 9.47 Å². The second-order valence-corrected chi connectivity index (χ2v) is 6.14. The third kappa shape index (κ3) is 3.88. The summed E-state index contributed by atoms with van der Waals surface area (Å²) in [5.41, 5.74) is 0.584. The van der Waals surface area contributed by atoms with E-state index in [1.165, 1.54) is 18.2 Å². The van der Waals surface area contributed by atoms with Crippen LogP contribution >= 0.6 is 0 Å². The van der Waals surface area contributed by atoms with E-state index < -0.39 is 22.9 Å². The van der Waals surface area contributed by atoms with E-state index in [1.807, 2.05) is 30.3 Å². The first-order valence-electron chi connectivity index (χ1n) is 8.30. The quantitative estimate of drug-likeness (QED) is 0.334. The fourth-order valence-corrected chi connectivity index (χ4v) is 2.95. The van der Waals surface area contributed by atoms with Gasteiger partial charge in [-0.25, -0.2) is 9.18 Å². The molecule has 0 N–H and O–H groups in total. The molecule has 0 saturated heterocycles. The Hall–Kier alpha value is -2.80. The zero-order chi connectivity index (χ0) is 18.6. The van der Waals surface area contributed by atoms with Crippen LogP contribution in [0.15, 0.2) is 54.6 Å². The molecule has 0 bridgehead atoms. The van der Waals surface area contributed by atoms with Gasteiger partial charge in [-0.1, -0.05) is 36.4 Å². The molecule has 1 aliphatic rings. The Morgan fingerprint density at radius 3 is 2.65 bits per heavy atom. The number of hydrogen-bond donors (Lipinski definition) is 0. The highest BCUT2D eigenvalue weighted by Crippen LogP contribution is 2.38. The summed E-state index contributed by atoms with van der Waals surface area (Å²) < 4.78 is 25.6. The molecule has 2 unspecified atom stereocenters. The largest absolute Gasteiger partial charge is 0.426 e. The van der Waals surface area contributed by atoms with E-state index >= 15 is 0 Å². The van der Waals surface area contributed by atoms with Crippen LogP contribution in [0.3, 0.4) is 0 Å². The minimum Gasteiger partial charge on any atom is -0.426 e. The molecule has 7 heteroatoms. The Morgan fingerprint density at radius 2 is 2.00 bits per heavy atom. The van der Waals surface area contributed by atoms with Gasteiger partial charge >= 0.3 is 5.97 Å². The lowest BCUT2D eigenvalue weighted by Gasteiger charge is -2.31. The molecule has 0 amide bonds. The van der Waals surface area contributed by atoms with Gasteiger partial charge in [0.15, 0.2) is 6.17 Å². The SMILES string of the molecule is O=C(OC1(OCc2ccccc2)CCCC1F)c1cccc([N+](=O)[O-])c1. The number of nitro benzene ring substituents is 1. The van der Waals surface area contributed by atoms with Gasteiger partial charge in [0, 0.05) is 18.6 Å². The first-order chi connectivity index (χ1) is 12.5. The molecule has 0 spiro atoms. The van der Waals surface area contributed by atoms with Crippen molar-refractivity contribution in [3.63, 3.8) is 0 Å². The highest BCUT2D eigenvalue weighted by Gasteiger charge is 2.48. The van der Waals surface area contributed by atoms with Crippen molar-refractivity contribution in [1.29, 1.82) is 0 Å². The summed E-state index contributed by atoms with van der Waals surface area (Å²) in [6.07, 6.45) is -0.453. The summed E-state index contributed by atoms with van der Waals surface area (Å²) in [7, 11) is 0. The van der Waals surface area contributed by atoms with Crippen LogP contribution in [0.1, 0.15) is 35.2 Å². The van der Waals surface area contributed by atoms with Crippen LogP contribution in [-0.4, -0.2) is 22.9 Å². The maximum atomic E-state index is 14.5. The first kappa shape index (κ1) is 18.0. The van der Waals surface area contributed by atoms with Gasteiger partial charge in [-0.15, -0.1) is 0 Å². The van der Waals surface area contributed by atoms with Crippen molar-refractivity contribution >= 4 is 11.7 Å². The Kier molecular flexibility index (Phi) is 5.27. The fraction of sp³-hybridized carbons (Fsp3) is 0.316. The van der Waals surface area contributed by atoms with E-state index in [-0.39, 0.29) is 30.7 Å². The lowest BCUT2D eigenvalue weighted by molar-refractivity contribution is -0.384. The molecule has 1 saturated carbocycles. The lowest BCUT2D eigenvalue weighted by atomic mass is 10.1. The van der Waals surface area contributed by atoms with Crippen molar-refractivity contribution in [2.24, 2.45) is 0 Å². The van der Waals surface area contributed by atoms with Gasteiger partial charge in [0.2, 0.25) is 5.79 Å². The summed E-state index contributed by atoms with van der Waals surface area (Å²) in [5.74, 6) is -2.51. The number of esters is 1. The molecular formula is C19H18FNO5. The number of carbonyl (C=O) groups is 1. The molecule has 6 nitrogen and oxygen atoms in total. The molecule has 0 radical (unpaired) electrons. The van der Waals surface area contributed by atoms with Crippen LogP contribution in [0.25, 0.3) is 0 Å². The second-order valence-electron chi connectivity index (χ2n) is 6.14. The average Bonchev–Trinajstić information content (AvgIpc) is 3.01. The van der Waals surface area contributed by atoms with Crippen molar-refractivity contribution in [1.82, 2.24) is 0 Å². The predicted octanol–water partition coefficient (Wildman–Crippen LogP) is 4.19. The maximum absolute atomic E-state index is 14.5. The number of carbonyl (C=O) groups excluding carboxylic acids is 1. The minimum atomic E-state index is -1.67. The highest BCUT2D eigenvalue weighted by atomic mass is 19.1. The molecule has 0 aliphatic heterocycles. The van der Waals surface area contributed by atoms with Crippen molar-refractivity contribution in [2.75, 3.05) is 0 Å². The molecule has 2 aromatic carbocycles. The number of halogens is 1. The van der Waals surface area contributed by atoms with Gasteiger partial charge in [-0.2, -0.15) is 0 Å². The van der Waals surface area contributed by atoms with E-state index in [9.17, 15) is 19.3 Å². The first-order valence-corrected chi connectivity index (χ1v) is 8.30. The lowest BCUT2D eigenvalue weighted by Crippen LogP contribution is -2.43. The van der Waals surface area contributed by atoms with Gasteiger partial charge in [-0.05, 0) is 24.5 Å². The van der Waals surface area contributed by atoms with Crippen LogP contribution in [-0.2, 0) is 16.1 Å². The molecule has 1 fully saturated rings. The van der Waals surface area contributed by atoms with Crippen molar-refractivity contribution in [3.8, 4) is 0 Å². The molecular weight excluding hydrogens is 341 g/mol. The van der Waals surface area contributed by atoms with E-state index in [0.29, 0.717) is 6.42 Å². The second kappa shape index (κ2) is 7.61. The maximum Gasteiger partial charge on any atom is 0.340 e. The summed E-state index contributed by atoms with van der Waals surface area (Å²) in [6.45, 7) is 0.101. The Labute approximate surface area is 149 Å². The normalized spacial score (nSPS) is 22.1. The molecule has 26 heavy (non-hydrogen) atoms. The fourth-order valence-electron chi connectivity index (χ4n) is 2.95. The van der Waals surface area contributed by atoms with E-state index in [2.05, 4.69) is 0 Å². The topological polar surface area (TPSA) is 78.7 Å². The molecule has 0 aromatic heterocycles. The standard InChI is InChI=1S/C19H18FNO5/c20-17-10-5-11-19(17,25-13-14-6-2-1-3-7-14)26-18(22)15-8-4-9-16(12-15)21(23)24/h1-4,6-9,12,17H,5,10-11,13H2. The Morgan fingerprint density at radius 1 is 1.23 bits per heavy atom. The molecule has 1 aliphatic carbocycles. The van der Waals surface area contributed by atoms with Crippen LogP contribution in [0.2, 0.25) is 0 Å². The molecule has 0 heterocycles. The predicted molar refractivity (Wildman–Crippen MR) is 91.2 cm³/mol. The van der Waals surface area contributed by atoms with Gasteiger partial charge < -0.3 is 9.47 Å². The van der Waals surface area contributed by atoms with Gasteiger partial charge in [-0.3, -0.25) is 10.1 Å². The highest BCUT2D eigenvalue weighted by molar-refractivity contribution is 5.90. The summed E-state index contributed by atoms with van der Waals surface area (Å²) >= 11 is 0. The molecule has 3 rings (SSSR count). The number of nitro groups is 1. The van der Waals surface area contributed by atoms with Crippen molar-refractivity contribution in [3.05, 3.63) is 75.8 Å². The van der Waals surface area contributed by atoms with Gasteiger partial charge in [0.25, 0.3) is 5.69 Å². The zero-order valence-electron chi connectivity index (χ0n) is 14.0. The number of hydrogen-bond acceptors (Lipinski definition) is 5. The van der Waals surface area contributed by atoms with Crippen LogP contribution in [0.5, 0.6) is 0 Å². The third-order valence-electron chi connectivity index (χ3n) is 4.34. The van der Waals surface area contributed by atoms with Crippen molar-refractivity contribution in [2.45, 2.75) is 37.8 Å². The molecule has 136 valence electrons. The number of rotatable bonds is 6. The van der Waals surface area contributed by atoms with Crippen molar-refractivity contribution < 1.29 is 23.6 Å². The number of non-ortho nitro benzene ring substituents is 1. The Balaban J connectivity index is 1.77. The Bertz CT molecular complexity index is 798. The average molecular weight is 359 g/mol. The van der Waals surface area contributed by atoms with Gasteiger partial charge in [0.05, 0.1) is 17.1 Å². The van der Waals surface area contributed by atoms with Crippen LogP contribution in [0.4, 0.5) is 10.1 Å². The number of benzene rings is 2. The van der Waals surface area contributed by atoms with E-state index in [1.54, 1.807) is 0 Å². The number of nitrogens with zero attached hydrogens (tertiary/aromatic N) is 1. The monoisotopic (exact) mass is 359 g/mol. The third-order valence-corrected chi connectivity index (χ3v) is 4.34. The summed E-state index contributed by atoms with van der Waals surface area (Å²) in [6, 6.07) is 14.3. The van der Waals surface area contributed by atoms with E-state index in [0.717, 1.165) is 11.6 Å². The summed E-state index contributed by atoms with van der Waals surface area (Å²) in [4.78, 5) is 22.7. The minimum absolute atomic E-state index is 0.0130. The zero-order valence-corrected chi connectivity index (χ0v) is 14.0. The smallest absolute Gasteiger partial charge is 0.340 e. The summed E-state index contributed by atoms with van der Waals surface area (Å²) in [5, 5.41) is 10.9. The number of alkyl halides is 1.